The first-order valence-corrected chi connectivity index (χ1v) is 8.26. The lowest BCUT2D eigenvalue weighted by atomic mass is 9.96. The first-order chi connectivity index (χ1) is 10.3. The zero-order valence-corrected chi connectivity index (χ0v) is 12.6. The van der Waals surface area contributed by atoms with Crippen molar-refractivity contribution in [3.8, 4) is 0 Å². The maximum Gasteiger partial charge on any atom is 0.244 e. The number of furan rings is 1. The minimum atomic E-state index is -0.0586. The molecule has 0 bridgehead atoms. The van der Waals surface area contributed by atoms with Crippen LogP contribution in [-0.2, 0) is 4.79 Å². The Morgan fingerprint density at radius 2 is 2.19 bits per heavy atom. The molecule has 0 radical (unpaired) electrons. The quantitative estimate of drug-likeness (QED) is 0.832. The summed E-state index contributed by atoms with van der Waals surface area (Å²) >= 11 is 1.72. The van der Waals surface area contributed by atoms with Crippen molar-refractivity contribution in [1.29, 1.82) is 0 Å². The lowest BCUT2D eigenvalue weighted by molar-refractivity contribution is -0.117. The van der Waals surface area contributed by atoms with E-state index >= 15 is 0 Å². The minimum absolute atomic E-state index is 0.0586. The molecule has 2 heterocycles. The molecular weight excluding hydrogens is 282 g/mol. The topological polar surface area (TPSA) is 42.2 Å². The molecule has 1 aliphatic rings. The highest BCUT2D eigenvalue weighted by Gasteiger charge is 2.27. The van der Waals surface area contributed by atoms with Gasteiger partial charge < -0.3 is 9.73 Å². The summed E-state index contributed by atoms with van der Waals surface area (Å²) in [5.41, 5.74) is 0. The molecule has 1 fully saturated rings. The average Bonchev–Trinajstić information content (AvgIpc) is 3.26. The van der Waals surface area contributed by atoms with Crippen LogP contribution in [0.5, 0.6) is 0 Å². The molecule has 0 aliphatic heterocycles. The maximum atomic E-state index is 12.2. The van der Waals surface area contributed by atoms with Crippen LogP contribution in [0, 0.1) is 5.92 Å². The van der Waals surface area contributed by atoms with Gasteiger partial charge in [-0.3, -0.25) is 4.79 Å². The standard InChI is InChI=1S/C17H19NO2S/c19-16(10-9-14-7-3-11-20-14)18-17(13-5-1-2-6-13)15-8-4-12-21-15/h3-4,7-13,17H,1-2,5-6H2,(H,18,19)/b10-9+. The summed E-state index contributed by atoms with van der Waals surface area (Å²) in [6, 6.07) is 7.94. The first-order valence-electron chi connectivity index (χ1n) is 7.38. The molecule has 0 saturated heterocycles. The van der Waals surface area contributed by atoms with E-state index in [2.05, 4.69) is 16.8 Å². The molecule has 2 aromatic heterocycles. The van der Waals surface area contributed by atoms with Crippen LogP contribution in [-0.4, -0.2) is 5.91 Å². The Morgan fingerprint density at radius 3 is 2.86 bits per heavy atom. The summed E-state index contributed by atoms with van der Waals surface area (Å²) in [7, 11) is 0. The number of nitrogens with one attached hydrogen (secondary N) is 1. The van der Waals surface area contributed by atoms with Crippen molar-refractivity contribution in [3.05, 3.63) is 52.6 Å². The maximum absolute atomic E-state index is 12.2. The summed E-state index contributed by atoms with van der Waals surface area (Å²) in [6.07, 6.45) is 9.79. The number of carbonyl (C=O) groups is 1. The van der Waals surface area contributed by atoms with Crippen LogP contribution in [0.4, 0.5) is 0 Å². The minimum Gasteiger partial charge on any atom is -0.465 e. The Kier molecular flexibility index (Phi) is 4.55. The molecule has 21 heavy (non-hydrogen) atoms. The molecule has 1 unspecified atom stereocenters. The van der Waals surface area contributed by atoms with Gasteiger partial charge in [0.25, 0.3) is 0 Å². The second kappa shape index (κ2) is 6.76. The number of rotatable bonds is 5. The molecular formula is C17H19NO2S. The van der Waals surface area contributed by atoms with Gasteiger partial charge >= 0.3 is 0 Å². The van der Waals surface area contributed by atoms with Gasteiger partial charge in [0.2, 0.25) is 5.91 Å². The van der Waals surface area contributed by atoms with Gasteiger partial charge in [0.1, 0.15) is 5.76 Å². The number of amides is 1. The van der Waals surface area contributed by atoms with Crippen LogP contribution in [0.25, 0.3) is 6.08 Å². The number of hydrogen-bond donors (Lipinski definition) is 1. The largest absolute Gasteiger partial charge is 0.465 e. The Labute approximate surface area is 128 Å². The van der Waals surface area contributed by atoms with Gasteiger partial charge in [0, 0.05) is 11.0 Å². The monoisotopic (exact) mass is 301 g/mol. The predicted molar refractivity (Wildman–Crippen MR) is 84.9 cm³/mol. The van der Waals surface area contributed by atoms with Crippen LogP contribution in [0.2, 0.25) is 0 Å². The second-order valence-corrected chi connectivity index (χ2v) is 6.37. The van der Waals surface area contributed by atoms with Crippen molar-refractivity contribution >= 4 is 23.3 Å². The van der Waals surface area contributed by atoms with Gasteiger partial charge in [0.15, 0.2) is 0 Å². The molecule has 3 rings (SSSR count). The van der Waals surface area contributed by atoms with Crippen LogP contribution in [0.15, 0.2) is 46.4 Å². The van der Waals surface area contributed by atoms with Gasteiger partial charge in [-0.1, -0.05) is 18.9 Å². The lowest BCUT2D eigenvalue weighted by Crippen LogP contribution is -2.30. The molecule has 1 aliphatic carbocycles. The molecule has 1 saturated carbocycles. The van der Waals surface area contributed by atoms with Gasteiger partial charge in [0.05, 0.1) is 12.3 Å². The fourth-order valence-electron chi connectivity index (χ4n) is 2.93. The number of hydrogen-bond acceptors (Lipinski definition) is 3. The molecule has 1 atom stereocenters. The molecule has 1 amide bonds. The summed E-state index contributed by atoms with van der Waals surface area (Å²) in [5.74, 6) is 1.19. The molecule has 110 valence electrons. The molecule has 3 nitrogen and oxygen atoms in total. The first kappa shape index (κ1) is 14.1. The smallest absolute Gasteiger partial charge is 0.244 e. The SMILES string of the molecule is O=C(/C=C/c1ccco1)NC(c1cccs1)C1CCCC1. The molecule has 4 heteroatoms. The van der Waals surface area contributed by atoms with Gasteiger partial charge in [-0.15, -0.1) is 11.3 Å². The third kappa shape index (κ3) is 3.64. The Hall–Kier alpha value is -1.81. The average molecular weight is 301 g/mol. The fraction of sp³-hybridized carbons (Fsp3) is 0.353. The number of thiophene rings is 1. The van der Waals surface area contributed by atoms with Gasteiger partial charge in [-0.2, -0.15) is 0 Å². The Bertz CT molecular complexity index is 580. The normalized spacial score (nSPS) is 17.3. The molecule has 2 aromatic rings. The highest BCUT2D eigenvalue weighted by atomic mass is 32.1. The summed E-state index contributed by atoms with van der Waals surface area (Å²) in [5, 5.41) is 5.24. The van der Waals surface area contributed by atoms with Crippen molar-refractivity contribution in [2.45, 2.75) is 31.7 Å². The Balaban J connectivity index is 1.67. The predicted octanol–water partition coefficient (Wildman–Crippen LogP) is 4.40. The van der Waals surface area contributed by atoms with E-state index in [4.69, 9.17) is 4.42 Å². The fourth-order valence-corrected chi connectivity index (χ4v) is 3.79. The van der Waals surface area contributed by atoms with Crippen LogP contribution in [0.3, 0.4) is 0 Å². The van der Waals surface area contributed by atoms with E-state index in [1.54, 1.807) is 29.8 Å². The van der Waals surface area contributed by atoms with E-state index < -0.39 is 0 Å². The van der Waals surface area contributed by atoms with E-state index in [0.717, 1.165) is 0 Å². The van der Waals surface area contributed by atoms with E-state index in [1.807, 2.05) is 18.2 Å². The highest BCUT2D eigenvalue weighted by Crippen LogP contribution is 2.37. The summed E-state index contributed by atoms with van der Waals surface area (Å²) in [4.78, 5) is 13.4. The van der Waals surface area contributed by atoms with Crippen molar-refractivity contribution in [1.82, 2.24) is 5.32 Å². The van der Waals surface area contributed by atoms with Crippen molar-refractivity contribution < 1.29 is 9.21 Å². The van der Waals surface area contributed by atoms with Crippen LogP contribution >= 0.6 is 11.3 Å². The molecule has 0 spiro atoms. The second-order valence-electron chi connectivity index (χ2n) is 5.39. The molecule has 1 N–H and O–H groups in total. The van der Waals surface area contributed by atoms with E-state index in [0.29, 0.717) is 11.7 Å². The Morgan fingerprint density at radius 1 is 1.33 bits per heavy atom. The zero-order valence-electron chi connectivity index (χ0n) is 11.8. The summed E-state index contributed by atoms with van der Waals surface area (Å²) < 4.78 is 5.20. The third-order valence-corrected chi connectivity index (χ3v) is 4.92. The van der Waals surface area contributed by atoms with Crippen molar-refractivity contribution in [3.63, 3.8) is 0 Å². The summed E-state index contributed by atoms with van der Waals surface area (Å²) in [6.45, 7) is 0. The lowest BCUT2D eigenvalue weighted by Gasteiger charge is -2.23. The van der Waals surface area contributed by atoms with E-state index in [1.165, 1.54) is 30.6 Å². The van der Waals surface area contributed by atoms with E-state index in [9.17, 15) is 4.79 Å². The van der Waals surface area contributed by atoms with Crippen LogP contribution in [0.1, 0.15) is 42.4 Å². The zero-order chi connectivity index (χ0) is 14.5. The van der Waals surface area contributed by atoms with Gasteiger partial charge in [-0.05, 0) is 48.4 Å². The van der Waals surface area contributed by atoms with Crippen molar-refractivity contribution in [2.24, 2.45) is 5.92 Å². The third-order valence-electron chi connectivity index (χ3n) is 3.96. The van der Waals surface area contributed by atoms with Crippen LogP contribution < -0.4 is 5.32 Å². The highest BCUT2D eigenvalue weighted by molar-refractivity contribution is 7.10. The number of carbonyl (C=O) groups excluding carboxylic acids is 1. The van der Waals surface area contributed by atoms with Gasteiger partial charge in [-0.25, -0.2) is 0 Å². The van der Waals surface area contributed by atoms with Crippen molar-refractivity contribution in [2.75, 3.05) is 0 Å². The van der Waals surface area contributed by atoms with E-state index in [-0.39, 0.29) is 11.9 Å². The molecule has 0 aromatic carbocycles.